The molecule has 0 heterocycles. The molecule has 0 aliphatic carbocycles. The van der Waals surface area contributed by atoms with Gasteiger partial charge in [-0.05, 0) is 0 Å². The predicted molar refractivity (Wildman–Crippen MR) is 46.4 cm³/mol. The molecule has 0 bridgehead atoms. The summed E-state index contributed by atoms with van der Waals surface area (Å²) in [4.78, 5) is 30.6. The molecule has 3 N–H and O–H groups in total. The van der Waals surface area contributed by atoms with E-state index in [-0.39, 0.29) is 6.61 Å². The second kappa shape index (κ2) is 6.55. The van der Waals surface area contributed by atoms with Gasteiger partial charge in [-0.25, -0.2) is 9.59 Å². The molecule has 0 rings (SSSR count). The Kier molecular flexibility index (Phi) is 5.72. The van der Waals surface area contributed by atoms with Gasteiger partial charge in [-0.1, -0.05) is 6.08 Å². The second-order valence-corrected chi connectivity index (χ2v) is 2.50. The molecule has 1 atom stereocenters. The predicted octanol–water partition coefficient (Wildman–Crippen LogP) is -0.428. The first-order chi connectivity index (χ1) is 6.93. The van der Waals surface area contributed by atoms with Gasteiger partial charge in [0.2, 0.25) is 0 Å². The molecule has 0 aromatic heterocycles. The number of rotatable bonds is 7. The second-order valence-electron chi connectivity index (χ2n) is 2.50. The van der Waals surface area contributed by atoms with Gasteiger partial charge < -0.3 is 20.1 Å². The van der Waals surface area contributed by atoms with Gasteiger partial charge in [-0.3, -0.25) is 4.79 Å². The number of aliphatic carboxylic acids is 3. The van der Waals surface area contributed by atoms with E-state index in [2.05, 4.69) is 4.74 Å². The maximum Gasteiger partial charge on any atom is 0.333 e. The van der Waals surface area contributed by atoms with Crippen molar-refractivity contribution in [2.45, 2.75) is 12.5 Å². The van der Waals surface area contributed by atoms with Gasteiger partial charge >= 0.3 is 17.9 Å². The number of ether oxygens (including phenoxy) is 1. The summed E-state index contributed by atoms with van der Waals surface area (Å²) in [6.07, 6.45) is -0.281. The quantitative estimate of drug-likeness (QED) is 0.495. The third kappa shape index (κ3) is 7.20. The molecule has 0 radical (unpaired) electrons. The van der Waals surface area contributed by atoms with Crippen LogP contribution in [0.25, 0.3) is 0 Å². The Morgan fingerprint density at radius 3 is 2.20 bits per heavy atom. The van der Waals surface area contributed by atoms with Crippen LogP contribution in [0.3, 0.4) is 0 Å². The molecule has 0 spiro atoms. The van der Waals surface area contributed by atoms with E-state index >= 15 is 0 Å². The molecule has 0 fully saturated rings. The Bertz CT molecular complexity index is 281. The van der Waals surface area contributed by atoms with Gasteiger partial charge in [0.15, 0.2) is 6.10 Å². The number of hydrogen-bond acceptors (Lipinski definition) is 4. The molecular weight excluding hydrogens is 208 g/mol. The topological polar surface area (TPSA) is 121 Å². The minimum Gasteiger partial charge on any atom is -0.481 e. The van der Waals surface area contributed by atoms with Crippen LogP contribution in [0.5, 0.6) is 0 Å². The lowest BCUT2D eigenvalue weighted by molar-refractivity contribution is -0.156. The Labute approximate surface area is 84.6 Å². The fraction of sp³-hybridized carbons (Fsp3) is 0.375. The number of carbonyl (C=O) groups is 3. The molecule has 7 nitrogen and oxygen atoms in total. The van der Waals surface area contributed by atoms with Crippen LogP contribution in [-0.4, -0.2) is 45.9 Å². The molecule has 0 saturated heterocycles. The fourth-order valence-corrected chi connectivity index (χ4v) is 0.697. The van der Waals surface area contributed by atoms with E-state index in [9.17, 15) is 14.4 Å². The average molecular weight is 218 g/mol. The molecule has 15 heavy (non-hydrogen) atoms. The standard InChI is InChI=1S/C8H10O7/c9-6(10)2-1-3-15-5(8(13)14)4-7(11)12/h1-2,5H,3-4H2,(H,9,10)(H,11,12)(H,13,14). The van der Waals surface area contributed by atoms with Crippen molar-refractivity contribution in [2.75, 3.05) is 6.61 Å². The highest BCUT2D eigenvalue weighted by atomic mass is 16.5. The third-order valence-corrected chi connectivity index (χ3v) is 1.29. The van der Waals surface area contributed by atoms with Crippen molar-refractivity contribution in [2.24, 2.45) is 0 Å². The lowest BCUT2D eigenvalue weighted by Crippen LogP contribution is -2.27. The molecule has 0 aliphatic heterocycles. The summed E-state index contributed by atoms with van der Waals surface area (Å²) in [5.41, 5.74) is 0. The summed E-state index contributed by atoms with van der Waals surface area (Å²) >= 11 is 0. The van der Waals surface area contributed by atoms with Crippen LogP contribution in [-0.2, 0) is 19.1 Å². The SMILES string of the molecule is O=C(O)C=CCOC(CC(=O)O)C(=O)O. The van der Waals surface area contributed by atoms with Crippen molar-refractivity contribution >= 4 is 17.9 Å². The van der Waals surface area contributed by atoms with E-state index < -0.39 is 30.4 Å². The summed E-state index contributed by atoms with van der Waals surface area (Å²) in [7, 11) is 0. The van der Waals surface area contributed by atoms with Gasteiger partial charge in [0.25, 0.3) is 0 Å². The minimum atomic E-state index is -1.47. The Hall–Kier alpha value is -1.89. The highest BCUT2D eigenvalue weighted by Gasteiger charge is 2.20. The zero-order valence-electron chi connectivity index (χ0n) is 7.62. The van der Waals surface area contributed by atoms with E-state index in [0.717, 1.165) is 12.2 Å². The normalized spacial score (nSPS) is 12.5. The van der Waals surface area contributed by atoms with E-state index in [1.165, 1.54) is 0 Å². The zero-order chi connectivity index (χ0) is 11.8. The van der Waals surface area contributed by atoms with Gasteiger partial charge in [0.05, 0.1) is 13.0 Å². The van der Waals surface area contributed by atoms with E-state index in [4.69, 9.17) is 15.3 Å². The molecule has 0 amide bonds. The third-order valence-electron chi connectivity index (χ3n) is 1.29. The molecule has 7 heteroatoms. The zero-order valence-corrected chi connectivity index (χ0v) is 7.62. The van der Waals surface area contributed by atoms with Gasteiger partial charge in [-0.2, -0.15) is 0 Å². The molecule has 0 aliphatic rings. The van der Waals surface area contributed by atoms with Crippen LogP contribution in [0.4, 0.5) is 0 Å². The van der Waals surface area contributed by atoms with Gasteiger partial charge in [-0.15, -0.1) is 0 Å². The maximum atomic E-state index is 10.4. The van der Waals surface area contributed by atoms with Crippen LogP contribution in [0.1, 0.15) is 6.42 Å². The largest absolute Gasteiger partial charge is 0.481 e. The number of carboxylic acids is 3. The van der Waals surface area contributed by atoms with Crippen LogP contribution in [0.2, 0.25) is 0 Å². The molecular formula is C8H10O7. The van der Waals surface area contributed by atoms with Gasteiger partial charge in [0.1, 0.15) is 0 Å². The molecule has 1 unspecified atom stereocenters. The van der Waals surface area contributed by atoms with Crippen LogP contribution < -0.4 is 0 Å². The summed E-state index contributed by atoms with van der Waals surface area (Å²) in [5.74, 6) is -3.89. The van der Waals surface area contributed by atoms with E-state index in [1.54, 1.807) is 0 Å². The minimum absolute atomic E-state index is 0.267. The monoisotopic (exact) mass is 218 g/mol. The van der Waals surface area contributed by atoms with Gasteiger partial charge in [0, 0.05) is 6.08 Å². The summed E-state index contributed by atoms with van der Waals surface area (Å²) < 4.78 is 4.63. The summed E-state index contributed by atoms with van der Waals surface area (Å²) in [6, 6.07) is 0. The number of hydrogen-bond donors (Lipinski definition) is 3. The first kappa shape index (κ1) is 13.1. The summed E-state index contributed by atoms with van der Waals surface area (Å²) in [5, 5.41) is 25.0. The Morgan fingerprint density at radius 2 is 1.80 bits per heavy atom. The fourth-order valence-electron chi connectivity index (χ4n) is 0.697. The van der Waals surface area contributed by atoms with Crippen molar-refractivity contribution in [1.29, 1.82) is 0 Å². The van der Waals surface area contributed by atoms with Crippen molar-refractivity contribution in [3.8, 4) is 0 Å². The van der Waals surface area contributed by atoms with Crippen LogP contribution >= 0.6 is 0 Å². The lowest BCUT2D eigenvalue weighted by atomic mass is 10.2. The smallest absolute Gasteiger partial charge is 0.333 e. The Balaban J connectivity index is 4.02. The van der Waals surface area contributed by atoms with Crippen LogP contribution in [0, 0.1) is 0 Å². The van der Waals surface area contributed by atoms with Crippen molar-refractivity contribution in [3.05, 3.63) is 12.2 Å². The first-order valence-electron chi connectivity index (χ1n) is 3.89. The van der Waals surface area contributed by atoms with E-state index in [0.29, 0.717) is 0 Å². The highest BCUT2D eigenvalue weighted by molar-refractivity contribution is 5.80. The summed E-state index contributed by atoms with van der Waals surface area (Å²) in [6.45, 7) is -0.267. The average Bonchev–Trinajstić information content (AvgIpc) is 2.08. The number of carboxylic acid groups (broad SMARTS) is 3. The Morgan fingerprint density at radius 1 is 1.20 bits per heavy atom. The lowest BCUT2D eigenvalue weighted by Gasteiger charge is -2.08. The molecule has 0 aromatic carbocycles. The van der Waals surface area contributed by atoms with Crippen molar-refractivity contribution < 1.29 is 34.4 Å². The van der Waals surface area contributed by atoms with E-state index in [1.807, 2.05) is 0 Å². The van der Waals surface area contributed by atoms with Crippen molar-refractivity contribution in [3.63, 3.8) is 0 Å². The van der Waals surface area contributed by atoms with Crippen molar-refractivity contribution in [1.82, 2.24) is 0 Å². The molecule has 84 valence electrons. The molecule has 0 aromatic rings. The maximum absolute atomic E-state index is 10.4. The van der Waals surface area contributed by atoms with Crippen LogP contribution in [0.15, 0.2) is 12.2 Å². The first-order valence-corrected chi connectivity index (χ1v) is 3.89. The highest BCUT2D eigenvalue weighted by Crippen LogP contribution is 1.99. The molecule has 0 saturated carbocycles.